The van der Waals surface area contributed by atoms with E-state index in [0.717, 1.165) is 28.8 Å². The van der Waals surface area contributed by atoms with Crippen molar-refractivity contribution >= 4 is 28.2 Å². The second kappa shape index (κ2) is 4.26. The third-order valence-electron chi connectivity index (χ3n) is 2.51. The smallest absolute Gasteiger partial charge is 0.140 e. The zero-order valence-corrected chi connectivity index (χ0v) is 10.4. The van der Waals surface area contributed by atoms with Gasteiger partial charge < -0.3 is 4.90 Å². The van der Waals surface area contributed by atoms with Crippen molar-refractivity contribution in [1.29, 1.82) is 0 Å². The lowest BCUT2D eigenvalue weighted by Gasteiger charge is -2.13. The maximum Gasteiger partial charge on any atom is 0.140 e. The number of halogens is 1. The maximum absolute atomic E-state index is 6.15. The van der Waals surface area contributed by atoms with Crippen LogP contribution >= 0.6 is 11.6 Å². The topological polar surface area (TPSA) is 29.0 Å². The third kappa shape index (κ3) is 1.95. The van der Waals surface area contributed by atoms with Gasteiger partial charge >= 0.3 is 0 Å². The van der Waals surface area contributed by atoms with Gasteiger partial charge in [0, 0.05) is 31.6 Å². The van der Waals surface area contributed by atoms with E-state index in [4.69, 9.17) is 11.6 Å². The lowest BCUT2D eigenvalue weighted by Crippen LogP contribution is -2.08. The summed E-state index contributed by atoms with van der Waals surface area (Å²) in [4.78, 5) is 10.7. The van der Waals surface area contributed by atoms with E-state index < -0.39 is 0 Å². The summed E-state index contributed by atoms with van der Waals surface area (Å²) in [5.41, 5.74) is 2.00. The molecule has 0 unspecified atom stereocenters. The molecule has 0 aliphatic rings. The average Bonchev–Trinajstić information content (AvgIpc) is 2.28. The number of benzene rings is 1. The van der Waals surface area contributed by atoms with Crippen LogP contribution in [0.25, 0.3) is 10.9 Å². The van der Waals surface area contributed by atoms with Crippen molar-refractivity contribution in [1.82, 2.24) is 9.97 Å². The number of fused-ring (bicyclic) bond motifs is 1. The monoisotopic (exact) mass is 235 g/mol. The minimum absolute atomic E-state index is 0.533. The minimum atomic E-state index is 0.533. The fourth-order valence-corrected chi connectivity index (χ4v) is 1.81. The van der Waals surface area contributed by atoms with E-state index >= 15 is 0 Å². The van der Waals surface area contributed by atoms with Gasteiger partial charge in [0.15, 0.2) is 0 Å². The van der Waals surface area contributed by atoms with Crippen molar-refractivity contribution in [2.24, 2.45) is 0 Å². The fraction of sp³-hybridized carbons (Fsp3) is 0.333. The first kappa shape index (κ1) is 11.1. The molecule has 0 saturated carbocycles. The molecule has 3 nitrogen and oxygen atoms in total. The molecule has 0 aliphatic carbocycles. The van der Waals surface area contributed by atoms with Gasteiger partial charge in [0.2, 0.25) is 0 Å². The Bertz CT molecular complexity index is 523. The van der Waals surface area contributed by atoms with E-state index in [9.17, 15) is 0 Å². The van der Waals surface area contributed by atoms with Gasteiger partial charge in [-0.1, -0.05) is 18.5 Å². The van der Waals surface area contributed by atoms with Crippen molar-refractivity contribution in [3.8, 4) is 0 Å². The molecule has 2 aromatic rings. The van der Waals surface area contributed by atoms with Crippen molar-refractivity contribution < 1.29 is 0 Å². The maximum atomic E-state index is 6.15. The summed E-state index contributed by atoms with van der Waals surface area (Å²) >= 11 is 6.15. The molecule has 1 heterocycles. The molecular formula is C12H14ClN3. The average molecular weight is 236 g/mol. The van der Waals surface area contributed by atoms with Crippen molar-refractivity contribution in [2.45, 2.75) is 13.3 Å². The molecule has 16 heavy (non-hydrogen) atoms. The number of rotatable bonds is 2. The van der Waals surface area contributed by atoms with Crippen LogP contribution in [0.4, 0.5) is 5.69 Å². The number of hydrogen-bond acceptors (Lipinski definition) is 3. The predicted molar refractivity (Wildman–Crippen MR) is 68.3 cm³/mol. The molecule has 1 aromatic heterocycles. The Hall–Kier alpha value is -1.35. The van der Waals surface area contributed by atoms with E-state index in [0.29, 0.717) is 5.15 Å². The predicted octanol–water partition coefficient (Wildman–Crippen LogP) is 2.91. The normalized spacial score (nSPS) is 10.8. The SMILES string of the molecule is CCc1nc(Cl)c2cc(N(C)C)ccc2n1. The molecule has 0 amide bonds. The highest BCUT2D eigenvalue weighted by Gasteiger charge is 2.06. The Morgan fingerprint density at radius 1 is 1.25 bits per heavy atom. The summed E-state index contributed by atoms with van der Waals surface area (Å²) in [5.74, 6) is 0.787. The van der Waals surface area contributed by atoms with Gasteiger partial charge in [0.1, 0.15) is 11.0 Å². The van der Waals surface area contributed by atoms with Crippen LogP contribution in [0.15, 0.2) is 18.2 Å². The van der Waals surface area contributed by atoms with E-state index in [1.165, 1.54) is 0 Å². The molecule has 84 valence electrons. The number of nitrogens with zero attached hydrogens (tertiary/aromatic N) is 3. The van der Waals surface area contributed by atoms with Crippen LogP contribution in [-0.2, 0) is 6.42 Å². The molecule has 0 aliphatic heterocycles. The Balaban J connectivity index is 2.65. The van der Waals surface area contributed by atoms with Crippen LogP contribution in [0.1, 0.15) is 12.7 Å². The van der Waals surface area contributed by atoms with E-state index in [2.05, 4.69) is 9.97 Å². The standard InChI is InChI=1S/C12H14ClN3/c1-4-11-14-10-6-5-8(16(2)3)7-9(10)12(13)15-11/h5-7H,4H2,1-3H3. The number of aryl methyl sites for hydroxylation is 1. The first-order valence-electron chi connectivity index (χ1n) is 5.25. The second-order valence-electron chi connectivity index (χ2n) is 3.88. The van der Waals surface area contributed by atoms with Gasteiger partial charge in [0.05, 0.1) is 5.52 Å². The van der Waals surface area contributed by atoms with Crippen LogP contribution in [0.5, 0.6) is 0 Å². The van der Waals surface area contributed by atoms with Crippen LogP contribution in [-0.4, -0.2) is 24.1 Å². The quantitative estimate of drug-likeness (QED) is 0.750. The summed E-state index contributed by atoms with van der Waals surface area (Å²) in [5, 5.41) is 1.44. The molecular weight excluding hydrogens is 222 g/mol. The summed E-state index contributed by atoms with van der Waals surface area (Å²) in [6.45, 7) is 2.02. The van der Waals surface area contributed by atoms with E-state index in [1.54, 1.807) is 0 Å². The Kier molecular flexibility index (Phi) is 2.97. The highest BCUT2D eigenvalue weighted by molar-refractivity contribution is 6.34. The van der Waals surface area contributed by atoms with Gasteiger partial charge in [-0.3, -0.25) is 0 Å². The third-order valence-corrected chi connectivity index (χ3v) is 2.80. The summed E-state index contributed by atoms with van der Waals surface area (Å²) in [7, 11) is 3.99. The number of anilines is 1. The van der Waals surface area contributed by atoms with E-state index in [1.807, 2.05) is 44.1 Å². The van der Waals surface area contributed by atoms with Gasteiger partial charge in [-0.05, 0) is 18.2 Å². The van der Waals surface area contributed by atoms with Crippen molar-refractivity contribution in [3.05, 3.63) is 29.2 Å². The summed E-state index contributed by atoms with van der Waals surface area (Å²) in [6.07, 6.45) is 0.797. The molecule has 0 N–H and O–H groups in total. The van der Waals surface area contributed by atoms with Gasteiger partial charge in [-0.15, -0.1) is 0 Å². The Labute approximate surface area is 100 Å². The highest BCUT2D eigenvalue weighted by Crippen LogP contribution is 2.25. The second-order valence-corrected chi connectivity index (χ2v) is 4.24. The number of hydrogen-bond donors (Lipinski definition) is 0. The van der Waals surface area contributed by atoms with Gasteiger partial charge in [-0.2, -0.15) is 0 Å². The molecule has 0 bridgehead atoms. The Morgan fingerprint density at radius 3 is 2.62 bits per heavy atom. The molecule has 2 rings (SSSR count). The highest BCUT2D eigenvalue weighted by atomic mass is 35.5. The van der Waals surface area contributed by atoms with E-state index in [-0.39, 0.29) is 0 Å². The van der Waals surface area contributed by atoms with Gasteiger partial charge in [-0.25, -0.2) is 9.97 Å². The summed E-state index contributed by atoms with van der Waals surface area (Å²) < 4.78 is 0. The van der Waals surface area contributed by atoms with Crippen LogP contribution in [0.3, 0.4) is 0 Å². The first-order chi connectivity index (χ1) is 7.61. The fourth-order valence-electron chi connectivity index (χ4n) is 1.56. The largest absolute Gasteiger partial charge is 0.378 e. The van der Waals surface area contributed by atoms with Crippen molar-refractivity contribution in [3.63, 3.8) is 0 Å². The Morgan fingerprint density at radius 2 is 2.00 bits per heavy atom. The lowest BCUT2D eigenvalue weighted by atomic mass is 10.2. The number of aromatic nitrogens is 2. The molecule has 4 heteroatoms. The summed E-state index contributed by atoms with van der Waals surface area (Å²) in [6, 6.07) is 6.03. The van der Waals surface area contributed by atoms with Gasteiger partial charge in [0.25, 0.3) is 0 Å². The minimum Gasteiger partial charge on any atom is -0.378 e. The molecule has 1 aromatic carbocycles. The first-order valence-corrected chi connectivity index (χ1v) is 5.63. The molecule has 0 fully saturated rings. The molecule has 0 radical (unpaired) electrons. The molecule has 0 saturated heterocycles. The zero-order valence-electron chi connectivity index (χ0n) is 9.66. The van der Waals surface area contributed by atoms with Crippen LogP contribution in [0.2, 0.25) is 5.15 Å². The zero-order chi connectivity index (χ0) is 11.7. The molecule has 0 atom stereocenters. The van der Waals surface area contributed by atoms with Crippen LogP contribution in [0, 0.1) is 0 Å². The molecule has 0 spiro atoms. The van der Waals surface area contributed by atoms with Crippen LogP contribution < -0.4 is 4.90 Å². The van der Waals surface area contributed by atoms with Crippen molar-refractivity contribution in [2.75, 3.05) is 19.0 Å². The lowest BCUT2D eigenvalue weighted by molar-refractivity contribution is 0.961.